The van der Waals surface area contributed by atoms with Crippen molar-refractivity contribution in [3.63, 3.8) is 0 Å². The fourth-order valence-corrected chi connectivity index (χ4v) is 2.97. The minimum Gasteiger partial charge on any atom is -0.478 e. The van der Waals surface area contributed by atoms with E-state index in [9.17, 15) is 14.7 Å². The molecule has 0 aliphatic rings. The van der Waals surface area contributed by atoms with Crippen LogP contribution in [0.3, 0.4) is 0 Å². The molecule has 0 unspecified atom stereocenters. The van der Waals surface area contributed by atoms with Crippen molar-refractivity contribution < 1.29 is 19.2 Å². The summed E-state index contributed by atoms with van der Waals surface area (Å²) in [5, 5.41) is 16.0. The van der Waals surface area contributed by atoms with E-state index in [4.69, 9.17) is 4.52 Å². The topological polar surface area (TPSA) is 92.4 Å². The number of thiophene rings is 1. The number of hydrogen-bond acceptors (Lipinski definition) is 5. The smallest absolute Gasteiger partial charge is 0.338 e. The van der Waals surface area contributed by atoms with Crippen LogP contribution in [0.5, 0.6) is 0 Å². The molecule has 112 valence electrons. The molecule has 0 aliphatic heterocycles. The zero-order chi connectivity index (χ0) is 15.6. The van der Waals surface area contributed by atoms with Gasteiger partial charge < -0.3 is 14.9 Å². The molecule has 0 spiro atoms. The number of nitrogens with zero attached hydrogens (tertiary/aromatic N) is 1. The Balaban J connectivity index is 2.33. The molecular formula is C14H16N2O4S. The SMILES string of the molecule is CCc1cc(C(=O)O)c(NC(=O)c2c(CC)noc2C)s1. The summed E-state index contributed by atoms with van der Waals surface area (Å²) in [6, 6.07) is 1.59. The minimum atomic E-state index is -1.06. The van der Waals surface area contributed by atoms with Gasteiger partial charge in [0.15, 0.2) is 0 Å². The summed E-state index contributed by atoms with van der Waals surface area (Å²) in [7, 11) is 0. The predicted molar refractivity (Wildman–Crippen MR) is 79.2 cm³/mol. The third-order valence-corrected chi connectivity index (χ3v) is 4.28. The molecule has 2 aromatic rings. The van der Waals surface area contributed by atoms with Crippen LogP contribution in [0.1, 0.15) is 50.9 Å². The molecular weight excluding hydrogens is 292 g/mol. The number of rotatable bonds is 5. The summed E-state index contributed by atoms with van der Waals surface area (Å²) in [5.41, 5.74) is 1.05. The Bertz CT molecular complexity index is 687. The monoisotopic (exact) mass is 308 g/mol. The van der Waals surface area contributed by atoms with Gasteiger partial charge in [-0.1, -0.05) is 19.0 Å². The van der Waals surface area contributed by atoms with E-state index in [1.54, 1.807) is 13.0 Å². The second-order valence-electron chi connectivity index (χ2n) is 4.48. The molecule has 0 saturated heterocycles. The first-order valence-corrected chi connectivity index (χ1v) is 7.42. The van der Waals surface area contributed by atoms with Crippen LogP contribution in [0.4, 0.5) is 5.00 Å². The van der Waals surface area contributed by atoms with Crippen LogP contribution in [-0.2, 0) is 12.8 Å². The zero-order valence-corrected chi connectivity index (χ0v) is 12.8. The number of nitrogens with one attached hydrogen (secondary N) is 1. The van der Waals surface area contributed by atoms with E-state index < -0.39 is 11.9 Å². The first-order valence-electron chi connectivity index (χ1n) is 6.60. The summed E-state index contributed by atoms with van der Waals surface area (Å²) >= 11 is 1.27. The summed E-state index contributed by atoms with van der Waals surface area (Å²) in [6.45, 7) is 5.46. The Hall–Kier alpha value is -2.15. The first kappa shape index (κ1) is 15.2. The van der Waals surface area contributed by atoms with Gasteiger partial charge in [-0.05, 0) is 25.8 Å². The van der Waals surface area contributed by atoms with Crippen molar-refractivity contribution in [2.45, 2.75) is 33.6 Å². The Kier molecular flexibility index (Phi) is 4.42. The molecule has 2 aromatic heterocycles. The lowest BCUT2D eigenvalue weighted by Crippen LogP contribution is -2.15. The summed E-state index contributed by atoms with van der Waals surface area (Å²) in [4.78, 5) is 24.5. The molecule has 0 bridgehead atoms. The van der Waals surface area contributed by atoms with Gasteiger partial charge >= 0.3 is 5.97 Å². The van der Waals surface area contributed by atoms with Crippen LogP contribution in [0.25, 0.3) is 0 Å². The Morgan fingerprint density at radius 3 is 2.67 bits per heavy atom. The van der Waals surface area contributed by atoms with E-state index in [-0.39, 0.29) is 5.56 Å². The summed E-state index contributed by atoms with van der Waals surface area (Å²) in [5.74, 6) is -1.02. The van der Waals surface area contributed by atoms with Crippen molar-refractivity contribution in [1.82, 2.24) is 5.16 Å². The molecule has 7 heteroatoms. The molecule has 0 aliphatic carbocycles. The Morgan fingerprint density at radius 2 is 2.10 bits per heavy atom. The average molecular weight is 308 g/mol. The fourth-order valence-electron chi connectivity index (χ4n) is 1.98. The molecule has 0 atom stereocenters. The van der Waals surface area contributed by atoms with Crippen molar-refractivity contribution >= 4 is 28.2 Å². The van der Waals surface area contributed by atoms with E-state index in [0.29, 0.717) is 34.9 Å². The van der Waals surface area contributed by atoms with Crippen molar-refractivity contribution in [3.8, 4) is 0 Å². The van der Waals surface area contributed by atoms with E-state index in [1.165, 1.54) is 11.3 Å². The van der Waals surface area contributed by atoms with Gasteiger partial charge in [0.05, 0.1) is 11.3 Å². The van der Waals surface area contributed by atoms with Crippen LogP contribution in [0.15, 0.2) is 10.6 Å². The Morgan fingerprint density at radius 1 is 1.38 bits per heavy atom. The molecule has 2 N–H and O–H groups in total. The highest BCUT2D eigenvalue weighted by atomic mass is 32.1. The van der Waals surface area contributed by atoms with Gasteiger partial charge in [0, 0.05) is 4.88 Å². The summed E-state index contributed by atoms with van der Waals surface area (Å²) < 4.78 is 5.03. The highest BCUT2D eigenvalue weighted by molar-refractivity contribution is 7.16. The van der Waals surface area contributed by atoms with Crippen LogP contribution in [0, 0.1) is 6.92 Å². The van der Waals surface area contributed by atoms with Gasteiger partial charge in [0.1, 0.15) is 16.3 Å². The highest BCUT2D eigenvalue weighted by Crippen LogP contribution is 2.29. The number of carbonyl (C=O) groups excluding carboxylic acids is 1. The normalized spacial score (nSPS) is 10.6. The number of hydrogen-bond donors (Lipinski definition) is 2. The number of carbonyl (C=O) groups is 2. The van der Waals surface area contributed by atoms with Crippen molar-refractivity contribution in [3.05, 3.63) is 33.5 Å². The van der Waals surface area contributed by atoms with Crippen LogP contribution in [0.2, 0.25) is 0 Å². The van der Waals surface area contributed by atoms with Gasteiger partial charge in [0.25, 0.3) is 5.91 Å². The second kappa shape index (κ2) is 6.09. The third-order valence-electron chi connectivity index (χ3n) is 3.08. The van der Waals surface area contributed by atoms with Crippen LogP contribution in [-0.4, -0.2) is 22.1 Å². The predicted octanol–water partition coefficient (Wildman–Crippen LogP) is 3.12. The van der Waals surface area contributed by atoms with Crippen molar-refractivity contribution in [2.75, 3.05) is 5.32 Å². The largest absolute Gasteiger partial charge is 0.478 e. The average Bonchev–Trinajstić information content (AvgIpc) is 3.01. The number of carboxylic acid groups (broad SMARTS) is 1. The molecule has 21 heavy (non-hydrogen) atoms. The highest BCUT2D eigenvalue weighted by Gasteiger charge is 2.22. The van der Waals surface area contributed by atoms with Gasteiger partial charge in [-0.25, -0.2) is 4.79 Å². The fraction of sp³-hybridized carbons (Fsp3) is 0.357. The number of amides is 1. The second-order valence-corrected chi connectivity index (χ2v) is 5.62. The van der Waals surface area contributed by atoms with Crippen molar-refractivity contribution in [1.29, 1.82) is 0 Å². The lowest BCUT2D eigenvalue weighted by Gasteiger charge is -2.04. The van der Waals surface area contributed by atoms with Crippen molar-refractivity contribution in [2.24, 2.45) is 0 Å². The summed E-state index contributed by atoms with van der Waals surface area (Å²) in [6.07, 6.45) is 1.28. The maximum atomic E-state index is 12.4. The number of carboxylic acids is 1. The molecule has 0 saturated carbocycles. The van der Waals surface area contributed by atoms with E-state index in [0.717, 1.165) is 4.88 Å². The maximum absolute atomic E-state index is 12.4. The number of aromatic nitrogens is 1. The maximum Gasteiger partial charge on any atom is 0.338 e. The standard InChI is InChI=1S/C14H16N2O4S/c1-4-8-6-9(14(18)19)13(21-8)15-12(17)11-7(3)20-16-10(11)5-2/h6H,4-5H2,1-3H3,(H,15,17)(H,18,19). The molecule has 6 nitrogen and oxygen atoms in total. The molecule has 0 fully saturated rings. The molecule has 0 aromatic carbocycles. The Labute approximate surface area is 125 Å². The molecule has 1 amide bonds. The van der Waals surface area contributed by atoms with E-state index in [2.05, 4.69) is 10.5 Å². The lowest BCUT2D eigenvalue weighted by molar-refractivity contribution is 0.0698. The van der Waals surface area contributed by atoms with E-state index >= 15 is 0 Å². The van der Waals surface area contributed by atoms with E-state index in [1.807, 2.05) is 13.8 Å². The molecule has 2 heterocycles. The number of aryl methyl sites for hydroxylation is 3. The van der Waals surface area contributed by atoms with Gasteiger partial charge in [0.2, 0.25) is 0 Å². The lowest BCUT2D eigenvalue weighted by atomic mass is 10.1. The quantitative estimate of drug-likeness (QED) is 0.885. The van der Waals surface area contributed by atoms with Gasteiger partial charge in [-0.2, -0.15) is 0 Å². The van der Waals surface area contributed by atoms with Gasteiger partial charge in [-0.15, -0.1) is 11.3 Å². The molecule has 2 rings (SSSR count). The van der Waals surface area contributed by atoms with Crippen LogP contribution < -0.4 is 5.32 Å². The minimum absolute atomic E-state index is 0.109. The van der Waals surface area contributed by atoms with Gasteiger partial charge in [-0.3, -0.25) is 4.79 Å². The molecule has 0 radical (unpaired) electrons. The number of anilines is 1. The number of aromatic carboxylic acids is 1. The zero-order valence-electron chi connectivity index (χ0n) is 12.0. The van der Waals surface area contributed by atoms with Crippen LogP contribution >= 0.6 is 11.3 Å². The first-order chi connectivity index (χ1) is 9.97. The third kappa shape index (κ3) is 2.97.